The summed E-state index contributed by atoms with van der Waals surface area (Å²) in [6.45, 7) is 1.65. The lowest BCUT2D eigenvalue weighted by Crippen LogP contribution is -2.60. The molecule has 1 saturated heterocycles. The van der Waals surface area contributed by atoms with E-state index in [1.54, 1.807) is 24.3 Å². The van der Waals surface area contributed by atoms with Crippen LogP contribution in [-0.2, 0) is 52.8 Å². The maximum absolute atomic E-state index is 14.3. The van der Waals surface area contributed by atoms with Crippen molar-refractivity contribution in [3.05, 3.63) is 90.0 Å². The molecule has 18 heteroatoms. The molecular formula is C41H55N9O7S2. The van der Waals surface area contributed by atoms with Crippen LogP contribution in [0.4, 0.5) is 0 Å². The van der Waals surface area contributed by atoms with Crippen molar-refractivity contribution >= 4 is 64.9 Å². The number of aromatic nitrogens is 2. The van der Waals surface area contributed by atoms with E-state index >= 15 is 0 Å². The first-order chi connectivity index (χ1) is 28.4. The molecule has 0 saturated carbocycles. The van der Waals surface area contributed by atoms with Crippen LogP contribution in [0.15, 0.2) is 73.2 Å². The van der Waals surface area contributed by atoms with E-state index in [9.17, 15) is 33.6 Å². The molecule has 6 atom stereocenters. The molecule has 1 aromatic heterocycles. The van der Waals surface area contributed by atoms with Gasteiger partial charge in [-0.05, 0) is 60.8 Å². The number of primary amides is 1. The highest BCUT2D eigenvalue weighted by atomic mass is 32.2. The third-order valence-electron chi connectivity index (χ3n) is 9.84. The number of imidazole rings is 1. The number of carbonyl (C=O) groups is 7. The van der Waals surface area contributed by atoms with E-state index in [1.165, 1.54) is 47.9 Å². The standard InChI is InChI=1S/C41H55N9O7S2/c1-26(51)45-32(21-27-11-6-4-7-12-27)38(54)48-33(22-28-13-8-5-9-14-28)39(55)49-34(23-29-24-43-25-44-29)40(56)46-30(16-19-58-2)37(53)47-31(17-20-59-3)41(57)50-18-10-15-35(50)36(42)52/h4-9,11-14,24-25,30-35H,10,15-23H2,1-3H3,(H2,42,52)(H,43,44)(H,45,51)(H,46,56)(H,47,53)(H,48,54)(H,49,55)/t30-,31-,32-,33-,34-,35-/m0/s1. The van der Waals surface area contributed by atoms with Gasteiger partial charge in [0.1, 0.15) is 36.3 Å². The summed E-state index contributed by atoms with van der Waals surface area (Å²) in [5.41, 5.74) is 7.64. The van der Waals surface area contributed by atoms with Crippen molar-refractivity contribution in [2.24, 2.45) is 5.73 Å². The Morgan fingerprint density at radius 1 is 0.712 bits per heavy atom. The van der Waals surface area contributed by atoms with Crippen LogP contribution < -0.4 is 32.3 Å². The molecule has 1 aliphatic rings. The molecule has 0 unspecified atom stereocenters. The van der Waals surface area contributed by atoms with Crippen LogP contribution >= 0.6 is 23.5 Å². The van der Waals surface area contributed by atoms with Gasteiger partial charge in [-0.1, -0.05) is 60.7 Å². The van der Waals surface area contributed by atoms with E-state index in [4.69, 9.17) is 5.73 Å². The fourth-order valence-electron chi connectivity index (χ4n) is 6.80. The SMILES string of the molecule is CSCC[C@H](NC(=O)[C@H](Cc1cnc[nH]1)NC(=O)[C@H](Cc1ccccc1)NC(=O)[C@H](Cc1ccccc1)NC(C)=O)C(=O)N[C@@H](CCSC)C(=O)N1CCC[C@H]1C(N)=O. The average Bonchev–Trinajstić information content (AvgIpc) is 3.94. The predicted octanol–water partition coefficient (Wildman–Crippen LogP) is 0.864. The molecule has 59 heavy (non-hydrogen) atoms. The van der Waals surface area contributed by atoms with Gasteiger partial charge in [-0.3, -0.25) is 33.6 Å². The summed E-state index contributed by atoms with van der Waals surface area (Å²) < 4.78 is 0. The number of nitrogens with two attached hydrogens (primary N) is 1. The maximum Gasteiger partial charge on any atom is 0.245 e. The zero-order chi connectivity index (χ0) is 42.7. The molecule has 1 fully saturated rings. The Balaban J connectivity index is 1.57. The first kappa shape index (κ1) is 46.3. The fraction of sp³-hybridized carbons (Fsp3) is 0.463. The molecule has 0 radical (unpaired) electrons. The fourth-order valence-corrected chi connectivity index (χ4v) is 7.75. The summed E-state index contributed by atoms with van der Waals surface area (Å²) in [5, 5.41) is 13.9. The first-order valence-electron chi connectivity index (χ1n) is 19.5. The molecule has 0 spiro atoms. The summed E-state index contributed by atoms with van der Waals surface area (Å²) in [5.74, 6) is -2.95. The van der Waals surface area contributed by atoms with Gasteiger partial charge >= 0.3 is 0 Å². The van der Waals surface area contributed by atoms with Crippen LogP contribution in [0.5, 0.6) is 0 Å². The highest BCUT2D eigenvalue weighted by molar-refractivity contribution is 7.98. The van der Waals surface area contributed by atoms with Gasteiger partial charge in [0, 0.05) is 44.6 Å². The minimum Gasteiger partial charge on any atom is -0.368 e. The van der Waals surface area contributed by atoms with E-state index < -0.39 is 77.6 Å². The van der Waals surface area contributed by atoms with Crippen molar-refractivity contribution in [2.45, 2.75) is 88.1 Å². The number of nitrogens with zero attached hydrogens (tertiary/aromatic N) is 2. The molecule has 4 rings (SSSR count). The number of rotatable bonds is 23. The van der Waals surface area contributed by atoms with Crippen molar-refractivity contribution in [1.82, 2.24) is 41.5 Å². The second kappa shape index (κ2) is 23.9. The minimum absolute atomic E-state index is 0.0404. The summed E-state index contributed by atoms with van der Waals surface area (Å²) in [7, 11) is 0. The van der Waals surface area contributed by atoms with E-state index in [0.717, 1.165) is 11.1 Å². The van der Waals surface area contributed by atoms with Gasteiger partial charge in [-0.15, -0.1) is 0 Å². The van der Waals surface area contributed by atoms with Crippen molar-refractivity contribution in [3.63, 3.8) is 0 Å². The molecular weight excluding hydrogens is 795 g/mol. The number of hydrogen-bond acceptors (Lipinski definition) is 10. The summed E-state index contributed by atoms with van der Waals surface area (Å²) in [6, 6.07) is 11.9. The van der Waals surface area contributed by atoms with E-state index in [-0.39, 0.29) is 32.1 Å². The molecule has 2 heterocycles. The van der Waals surface area contributed by atoms with Gasteiger partial charge in [0.15, 0.2) is 0 Å². The molecule has 318 valence electrons. The molecule has 2 aromatic carbocycles. The summed E-state index contributed by atoms with van der Waals surface area (Å²) >= 11 is 2.96. The van der Waals surface area contributed by atoms with Crippen LogP contribution in [0.25, 0.3) is 0 Å². The normalized spacial score (nSPS) is 16.1. The predicted molar refractivity (Wildman–Crippen MR) is 228 cm³/mol. The number of carbonyl (C=O) groups excluding carboxylic acids is 7. The lowest BCUT2D eigenvalue weighted by Gasteiger charge is -2.29. The highest BCUT2D eigenvalue weighted by Gasteiger charge is 2.38. The first-order valence-corrected chi connectivity index (χ1v) is 22.3. The molecule has 0 bridgehead atoms. The maximum atomic E-state index is 14.3. The minimum atomic E-state index is -1.24. The second-order valence-electron chi connectivity index (χ2n) is 14.3. The number of likely N-dealkylation sites (tertiary alicyclic amines) is 1. The van der Waals surface area contributed by atoms with Gasteiger partial charge in [0.25, 0.3) is 0 Å². The van der Waals surface area contributed by atoms with Gasteiger partial charge in [0.05, 0.1) is 6.33 Å². The Labute approximate surface area is 353 Å². The van der Waals surface area contributed by atoms with Gasteiger partial charge in [-0.25, -0.2) is 4.98 Å². The Hall–Kier alpha value is -5.36. The number of hydrogen-bond donors (Lipinski definition) is 7. The van der Waals surface area contributed by atoms with Crippen LogP contribution in [0.3, 0.4) is 0 Å². The zero-order valence-electron chi connectivity index (χ0n) is 33.6. The monoisotopic (exact) mass is 849 g/mol. The molecule has 0 aliphatic carbocycles. The van der Waals surface area contributed by atoms with Gasteiger partial charge < -0.3 is 42.2 Å². The number of nitrogens with one attached hydrogen (secondary N) is 6. The van der Waals surface area contributed by atoms with Crippen molar-refractivity contribution in [3.8, 4) is 0 Å². The van der Waals surface area contributed by atoms with Gasteiger partial charge in [0.2, 0.25) is 41.4 Å². The van der Waals surface area contributed by atoms with Crippen LogP contribution in [0.2, 0.25) is 0 Å². The Morgan fingerprint density at radius 3 is 1.68 bits per heavy atom. The quantitative estimate of drug-likeness (QED) is 0.0711. The highest BCUT2D eigenvalue weighted by Crippen LogP contribution is 2.20. The molecule has 1 aliphatic heterocycles. The van der Waals surface area contributed by atoms with E-state index in [2.05, 4.69) is 36.6 Å². The number of H-pyrrole nitrogens is 1. The van der Waals surface area contributed by atoms with Crippen molar-refractivity contribution < 1.29 is 33.6 Å². The number of thioether (sulfide) groups is 2. The Kier molecular flexibility index (Phi) is 18.8. The number of amides is 7. The van der Waals surface area contributed by atoms with Crippen LogP contribution in [0.1, 0.15) is 49.4 Å². The van der Waals surface area contributed by atoms with Crippen molar-refractivity contribution in [1.29, 1.82) is 0 Å². The summed E-state index contributed by atoms with van der Waals surface area (Å²) in [6.07, 6.45) is 8.42. The third kappa shape index (κ3) is 14.8. The molecule has 3 aromatic rings. The third-order valence-corrected chi connectivity index (χ3v) is 11.1. The lowest BCUT2D eigenvalue weighted by atomic mass is 10.0. The summed E-state index contributed by atoms with van der Waals surface area (Å²) in [4.78, 5) is 103. The van der Waals surface area contributed by atoms with Crippen LogP contribution in [0, 0.1) is 0 Å². The van der Waals surface area contributed by atoms with E-state index in [0.29, 0.717) is 36.6 Å². The van der Waals surface area contributed by atoms with E-state index in [1.807, 2.05) is 48.9 Å². The smallest absolute Gasteiger partial charge is 0.245 e. The average molecular weight is 850 g/mol. The molecule has 8 N–H and O–H groups in total. The zero-order valence-corrected chi connectivity index (χ0v) is 35.2. The Morgan fingerprint density at radius 2 is 1.19 bits per heavy atom. The largest absolute Gasteiger partial charge is 0.368 e. The van der Waals surface area contributed by atoms with Gasteiger partial charge in [-0.2, -0.15) is 23.5 Å². The lowest BCUT2D eigenvalue weighted by molar-refractivity contribution is -0.141. The van der Waals surface area contributed by atoms with Crippen LogP contribution in [-0.4, -0.2) is 123 Å². The topological polar surface area (TPSA) is 238 Å². The molecule has 7 amide bonds. The van der Waals surface area contributed by atoms with Crippen molar-refractivity contribution in [2.75, 3.05) is 30.6 Å². The number of aromatic amines is 1. The molecule has 16 nitrogen and oxygen atoms in total. The number of benzene rings is 2. The second-order valence-corrected chi connectivity index (χ2v) is 16.3. The Bertz CT molecular complexity index is 1850.